The molecule has 2 heteroatoms. The van der Waals surface area contributed by atoms with E-state index in [1.165, 1.54) is 115 Å². The van der Waals surface area contributed by atoms with Gasteiger partial charge in [0, 0.05) is 32.9 Å². The summed E-state index contributed by atoms with van der Waals surface area (Å²) in [5, 5.41) is 9.96. The van der Waals surface area contributed by atoms with Gasteiger partial charge in [-0.3, -0.25) is 0 Å². The van der Waals surface area contributed by atoms with E-state index in [1.54, 1.807) is 0 Å². The Bertz CT molecular complexity index is 4020. The second-order valence-corrected chi connectivity index (χ2v) is 17.6. The first kappa shape index (κ1) is 36.1. The van der Waals surface area contributed by atoms with Gasteiger partial charge in [-0.2, -0.15) is 0 Å². The Balaban J connectivity index is 1.07. The molecule has 0 spiro atoms. The van der Waals surface area contributed by atoms with Gasteiger partial charge in [0.2, 0.25) is 0 Å². The lowest BCUT2D eigenvalue weighted by atomic mass is 9.67. The summed E-state index contributed by atoms with van der Waals surface area (Å²) in [4.78, 5) is 0. The zero-order valence-corrected chi connectivity index (χ0v) is 35.5. The second kappa shape index (κ2) is 13.8. The largest absolute Gasteiger partial charge is 0.309 e. The van der Waals surface area contributed by atoms with E-state index in [-0.39, 0.29) is 0 Å². The van der Waals surface area contributed by atoms with Crippen LogP contribution in [0, 0.1) is 0 Å². The van der Waals surface area contributed by atoms with Crippen molar-refractivity contribution >= 4 is 65.2 Å². The summed E-state index contributed by atoms with van der Waals surface area (Å²) in [6.45, 7) is 0. The molecule has 0 atom stereocenters. The maximum atomic E-state index is 2.51. The molecule has 302 valence electrons. The zero-order valence-electron chi connectivity index (χ0n) is 35.5. The molecule has 0 fully saturated rings. The standard InChI is InChI=1S/C63H40N2/c1-3-19-47(20-4-1)63(48-21-5-2-6-22-48)56-25-13-11-23-51(56)53-33-36-60-61(62(53)63)55-40-46(30-35-59(55)65(60)50-32-28-42-16-8-10-18-44(42)38-50)45-29-34-58-54(39-45)52-24-12-14-26-57(52)64(58)49-31-27-41-15-7-9-17-43(41)37-49/h1-40H. The summed E-state index contributed by atoms with van der Waals surface area (Å²) in [5.41, 5.74) is 16.7. The molecule has 0 saturated heterocycles. The predicted octanol–water partition coefficient (Wildman–Crippen LogP) is 16.2. The van der Waals surface area contributed by atoms with Gasteiger partial charge in [-0.05, 0) is 127 Å². The second-order valence-electron chi connectivity index (χ2n) is 17.6. The van der Waals surface area contributed by atoms with Gasteiger partial charge in [0.15, 0.2) is 0 Å². The molecule has 2 nitrogen and oxygen atoms in total. The number of para-hydroxylation sites is 1. The molecule has 65 heavy (non-hydrogen) atoms. The highest BCUT2D eigenvalue weighted by Gasteiger charge is 2.47. The molecule has 11 aromatic carbocycles. The fourth-order valence-electron chi connectivity index (χ4n) is 11.6. The SMILES string of the molecule is c1ccc(C2(c3ccccc3)c3ccccc3-c3ccc4c(c32)c2cc(-c3ccc5c(c3)c3ccccc3n5-c3ccc5ccccc5c3)ccc2n4-c2ccc3ccccc3c2)cc1. The van der Waals surface area contributed by atoms with Crippen molar-refractivity contribution in [3.05, 3.63) is 265 Å². The Labute approximate surface area is 376 Å². The van der Waals surface area contributed by atoms with Gasteiger partial charge in [0.25, 0.3) is 0 Å². The molecule has 0 unspecified atom stereocenters. The summed E-state index contributed by atoms with van der Waals surface area (Å²) >= 11 is 0. The smallest absolute Gasteiger partial charge is 0.0720 e. The number of fused-ring (bicyclic) bond motifs is 12. The molecular formula is C63H40N2. The first-order chi connectivity index (χ1) is 32.2. The first-order valence-corrected chi connectivity index (χ1v) is 22.6. The highest BCUT2D eigenvalue weighted by Crippen LogP contribution is 2.59. The van der Waals surface area contributed by atoms with Gasteiger partial charge in [-0.1, -0.05) is 182 Å². The maximum Gasteiger partial charge on any atom is 0.0720 e. The molecule has 1 aliphatic carbocycles. The third kappa shape index (κ3) is 5.11. The fourth-order valence-corrected chi connectivity index (χ4v) is 11.6. The minimum atomic E-state index is -0.560. The van der Waals surface area contributed by atoms with Crippen molar-refractivity contribution in [3.63, 3.8) is 0 Å². The Kier molecular flexibility index (Phi) is 7.64. The van der Waals surface area contributed by atoms with Crippen LogP contribution in [0.3, 0.4) is 0 Å². The van der Waals surface area contributed by atoms with Gasteiger partial charge in [0.05, 0.1) is 27.5 Å². The van der Waals surface area contributed by atoms with E-state index in [2.05, 4.69) is 252 Å². The summed E-state index contributed by atoms with van der Waals surface area (Å²) in [5.74, 6) is 0. The van der Waals surface area contributed by atoms with Crippen molar-refractivity contribution in [1.29, 1.82) is 0 Å². The number of benzene rings is 11. The number of nitrogens with zero attached hydrogens (tertiary/aromatic N) is 2. The number of hydrogen-bond acceptors (Lipinski definition) is 0. The summed E-state index contributed by atoms with van der Waals surface area (Å²) in [7, 11) is 0. The molecule has 2 aromatic heterocycles. The lowest BCUT2D eigenvalue weighted by molar-refractivity contribution is 0.776. The number of rotatable bonds is 5. The van der Waals surface area contributed by atoms with Crippen LogP contribution >= 0.6 is 0 Å². The number of hydrogen-bond donors (Lipinski definition) is 0. The quantitative estimate of drug-likeness (QED) is 0.164. The molecule has 0 amide bonds. The first-order valence-electron chi connectivity index (χ1n) is 22.6. The van der Waals surface area contributed by atoms with Crippen LogP contribution in [0.1, 0.15) is 22.3 Å². The summed E-state index contributed by atoms with van der Waals surface area (Å²) < 4.78 is 4.93. The van der Waals surface area contributed by atoms with Crippen LogP contribution < -0.4 is 0 Å². The van der Waals surface area contributed by atoms with Crippen molar-refractivity contribution in [2.45, 2.75) is 5.41 Å². The normalized spacial score (nSPS) is 13.0. The van der Waals surface area contributed by atoms with E-state index in [9.17, 15) is 0 Å². The molecule has 14 rings (SSSR count). The molecule has 1 aliphatic rings. The highest BCUT2D eigenvalue weighted by molar-refractivity contribution is 6.17. The summed E-state index contributed by atoms with van der Waals surface area (Å²) in [6.07, 6.45) is 0. The van der Waals surface area contributed by atoms with E-state index >= 15 is 0 Å². The minimum absolute atomic E-state index is 0.560. The molecular weight excluding hydrogens is 785 g/mol. The lowest BCUT2D eigenvalue weighted by Crippen LogP contribution is -2.28. The van der Waals surface area contributed by atoms with E-state index in [0.29, 0.717) is 0 Å². The monoisotopic (exact) mass is 824 g/mol. The molecule has 0 radical (unpaired) electrons. The molecule has 13 aromatic rings. The molecule has 0 aliphatic heterocycles. The topological polar surface area (TPSA) is 9.86 Å². The molecule has 2 heterocycles. The van der Waals surface area contributed by atoms with Crippen LogP contribution in [0.5, 0.6) is 0 Å². The van der Waals surface area contributed by atoms with Gasteiger partial charge in [-0.25, -0.2) is 0 Å². The molecule has 0 saturated carbocycles. The Morgan fingerprint density at radius 1 is 0.292 bits per heavy atom. The van der Waals surface area contributed by atoms with Gasteiger partial charge >= 0.3 is 0 Å². The minimum Gasteiger partial charge on any atom is -0.309 e. The maximum absolute atomic E-state index is 2.51. The van der Waals surface area contributed by atoms with E-state index in [1.807, 2.05) is 0 Å². The van der Waals surface area contributed by atoms with Crippen molar-refractivity contribution in [3.8, 4) is 33.6 Å². The van der Waals surface area contributed by atoms with Crippen molar-refractivity contribution in [1.82, 2.24) is 9.13 Å². The lowest BCUT2D eigenvalue weighted by Gasteiger charge is -2.34. The van der Waals surface area contributed by atoms with E-state index in [0.717, 1.165) is 5.69 Å². The highest BCUT2D eigenvalue weighted by atomic mass is 15.0. The average molecular weight is 825 g/mol. The predicted molar refractivity (Wildman–Crippen MR) is 273 cm³/mol. The van der Waals surface area contributed by atoms with E-state index in [4.69, 9.17) is 0 Å². The van der Waals surface area contributed by atoms with Gasteiger partial charge < -0.3 is 9.13 Å². The van der Waals surface area contributed by atoms with Crippen LogP contribution in [-0.4, -0.2) is 9.13 Å². The zero-order chi connectivity index (χ0) is 42.6. The number of aromatic nitrogens is 2. The van der Waals surface area contributed by atoms with Gasteiger partial charge in [0.1, 0.15) is 0 Å². The van der Waals surface area contributed by atoms with Gasteiger partial charge in [-0.15, -0.1) is 0 Å². The average Bonchev–Trinajstić information content (AvgIpc) is 4.00. The third-order valence-electron chi connectivity index (χ3n) is 14.3. The van der Waals surface area contributed by atoms with Crippen LogP contribution in [-0.2, 0) is 5.41 Å². The van der Waals surface area contributed by atoms with Crippen LogP contribution in [0.2, 0.25) is 0 Å². The third-order valence-corrected chi connectivity index (χ3v) is 14.3. The van der Waals surface area contributed by atoms with Crippen molar-refractivity contribution in [2.24, 2.45) is 0 Å². The van der Waals surface area contributed by atoms with Crippen LogP contribution in [0.25, 0.3) is 98.8 Å². The Hall–Kier alpha value is -8.46. The molecule has 0 N–H and O–H groups in total. The Morgan fingerprint density at radius 3 is 1.45 bits per heavy atom. The van der Waals surface area contributed by atoms with Crippen LogP contribution in [0.4, 0.5) is 0 Å². The summed E-state index contributed by atoms with van der Waals surface area (Å²) in [6, 6.07) is 90.3. The van der Waals surface area contributed by atoms with Crippen molar-refractivity contribution in [2.75, 3.05) is 0 Å². The Morgan fingerprint density at radius 2 is 0.785 bits per heavy atom. The van der Waals surface area contributed by atoms with Crippen LogP contribution in [0.15, 0.2) is 243 Å². The van der Waals surface area contributed by atoms with Crippen molar-refractivity contribution < 1.29 is 0 Å². The van der Waals surface area contributed by atoms with E-state index < -0.39 is 5.41 Å². The molecule has 0 bridgehead atoms. The fraction of sp³-hybridized carbons (Fsp3) is 0.0159.